The van der Waals surface area contributed by atoms with Crippen molar-refractivity contribution in [1.29, 1.82) is 0 Å². The van der Waals surface area contributed by atoms with E-state index in [0.717, 1.165) is 57.2 Å². The summed E-state index contributed by atoms with van der Waals surface area (Å²) in [5, 5.41) is 12.6. The van der Waals surface area contributed by atoms with Crippen molar-refractivity contribution in [1.82, 2.24) is 25.0 Å². The van der Waals surface area contributed by atoms with E-state index in [0.29, 0.717) is 23.0 Å². The van der Waals surface area contributed by atoms with E-state index in [1.165, 1.54) is 6.07 Å². The highest BCUT2D eigenvalue weighted by Gasteiger charge is 2.27. The first-order chi connectivity index (χ1) is 11.7. The zero-order chi connectivity index (χ0) is 16.5. The molecule has 0 amide bonds. The maximum Gasteiger partial charge on any atom is 0.147 e. The lowest BCUT2D eigenvalue weighted by Gasteiger charge is -2.32. The number of rotatable bonds is 3. The van der Waals surface area contributed by atoms with Gasteiger partial charge in [0.15, 0.2) is 0 Å². The normalized spacial score (nSPS) is 19.4. The van der Waals surface area contributed by atoms with Gasteiger partial charge in [0.2, 0.25) is 0 Å². The van der Waals surface area contributed by atoms with E-state index in [1.54, 1.807) is 12.1 Å². The molecule has 2 aromatic rings. The van der Waals surface area contributed by atoms with E-state index < -0.39 is 0 Å². The van der Waals surface area contributed by atoms with Gasteiger partial charge in [0, 0.05) is 36.1 Å². The number of nitrogens with one attached hydrogen (secondary N) is 1. The Morgan fingerprint density at radius 2 is 2.04 bits per heavy atom. The highest BCUT2D eigenvalue weighted by molar-refractivity contribution is 6.31. The van der Waals surface area contributed by atoms with Crippen LogP contribution in [0.15, 0.2) is 18.2 Å². The lowest BCUT2D eigenvalue weighted by atomic mass is 9.95. The van der Waals surface area contributed by atoms with Gasteiger partial charge in [-0.25, -0.2) is 4.39 Å². The standard InChI is InChI=1S/C17H21ClFN5/c18-14-2-1-3-15(19)13(14)11-23-7-4-12(5-8-23)17-22-21-16-10-20-6-9-24(16)17/h1-3,12,20H,4-11H2. The van der Waals surface area contributed by atoms with Crippen LogP contribution in [0.1, 0.15) is 36.0 Å². The topological polar surface area (TPSA) is 46.0 Å². The third-order valence-corrected chi connectivity index (χ3v) is 5.40. The van der Waals surface area contributed by atoms with Gasteiger partial charge in [-0.3, -0.25) is 4.90 Å². The summed E-state index contributed by atoms with van der Waals surface area (Å²) in [5.74, 6) is 2.38. The summed E-state index contributed by atoms with van der Waals surface area (Å²) in [7, 11) is 0. The minimum absolute atomic E-state index is 0.219. The molecule has 128 valence electrons. The Hall–Kier alpha value is -1.50. The Balaban J connectivity index is 1.41. The fourth-order valence-electron chi connectivity index (χ4n) is 3.67. The zero-order valence-electron chi connectivity index (χ0n) is 13.5. The molecule has 0 radical (unpaired) electrons. The molecule has 1 fully saturated rings. The van der Waals surface area contributed by atoms with Gasteiger partial charge in [0.1, 0.15) is 17.5 Å². The largest absolute Gasteiger partial charge is 0.312 e. The van der Waals surface area contributed by atoms with Crippen molar-refractivity contribution < 1.29 is 4.39 Å². The molecule has 24 heavy (non-hydrogen) atoms. The molecule has 0 spiro atoms. The average molecular weight is 350 g/mol. The maximum atomic E-state index is 14.0. The third-order valence-electron chi connectivity index (χ3n) is 5.05. The SMILES string of the molecule is Fc1cccc(Cl)c1CN1CCC(c2nnc3n2CCNC3)CC1. The molecule has 2 aliphatic rings. The van der Waals surface area contributed by atoms with E-state index in [-0.39, 0.29) is 5.82 Å². The predicted molar refractivity (Wildman–Crippen MR) is 90.4 cm³/mol. The lowest BCUT2D eigenvalue weighted by Crippen LogP contribution is -2.35. The van der Waals surface area contributed by atoms with Crippen molar-refractivity contribution in [2.24, 2.45) is 0 Å². The van der Waals surface area contributed by atoms with Crippen molar-refractivity contribution in [2.75, 3.05) is 19.6 Å². The van der Waals surface area contributed by atoms with Crippen LogP contribution in [-0.4, -0.2) is 39.3 Å². The molecule has 0 saturated carbocycles. The molecule has 1 aromatic heterocycles. The van der Waals surface area contributed by atoms with Crippen LogP contribution in [0.2, 0.25) is 5.02 Å². The molecule has 3 heterocycles. The van der Waals surface area contributed by atoms with Crippen LogP contribution in [0.4, 0.5) is 4.39 Å². The summed E-state index contributed by atoms with van der Waals surface area (Å²) >= 11 is 6.14. The summed E-state index contributed by atoms with van der Waals surface area (Å²) in [6, 6.07) is 4.88. The van der Waals surface area contributed by atoms with Gasteiger partial charge >= 0.3 is 0 Å². The molecule has 7 heteroatoms. The third kappa shape index (κ3) is 3.06. The van der Waals surface area contributed by atoms with E-state index in [9.17, 15) is 4.39 Å². The van der Waals surface area contributed by atoms with E-state index >= 15 is 0 Å². The first-order valence-electron chi connectivity index (χ1n) is 8.50. The average Bonchev–Trinajstić information content (AvgIpc) is 3.03. The molecule has 0 unspecified atom stereocenters. The van der Waals surface area contributed by atoms with Crippen molar-refractivity contribution in [3.8, 4) is 0 Å². The van der Waals surface area contributed by atoms with Crippen LogP contribution in [0.25, 0.3) is 0 Å². The Bertz CT molecular complexity index is 704. The molecule has 0 atom stereocenters. The number of piperidine rings is 1. The number of nitrogens with zero attached hydrogens (tertiary/aromatic N) is 4. The fourth-order valence-corrected chi connectivity index (χ4v) is 3.90. The number of benzene rings is 1. The zero-order valence-corrected chi connectivity index (χ0v) is 14.3. The maximum absolute atomic E-state index is 14.0. The van der Waals surface area contributed by atoms with Crippen LogP contribution in [0.3, 0.4) is 0 Å². The monoisotopic (exact) mass is 349 g/mol. The number of aromatic nitrogens is 3. The second-order valence-corrected chi connectivity index (χ2v) is 6.96. The summed E-state index contributed by atoms with van der Waals surface area (Å²) in [4.78, 5) is 2.27. The van der Waals surface area contributed by atoms with Crippen molar-refractivity contribution in [3.05, 3.63) is 46.3 Å². The van der Waals surface area contributed by atoms with E-state index in [4.69, 9.17) is 11.6 Å². The van der Waals surface area contributed by atoms with Gasteiger partial charge in [-0.15, -0.1) is 10.2 Å². The number of halogens is 2. The van der Waals surface area contributed by atoms with Crippen LogP contribution >= 0.6 is 11.6 Å². The molecular formula is C17H21ClFN5. The van der Waals surface area contributed by atoms with Crippen LogP contribution in [0, 0.1) is 5.82 Å². The van der Waals surface area contributed by atoms with Crippen molar-refractivity contribution in [3.63, 3.8) is 0 Å². The summed E-state index contributed by atoms with van der Waals surface area (Å²) in [6.45, 7) is 5.15. The van der Waals surface area contributed by atoms with Crippen LogP contribution in [-0.2, 0) is 19.6 Å². The number of fused-ring (bicyclic) bond motifs is 1. The van der Waals surface area contributed by atoms with E-state index in [2.05, 4.69) is 25.0 Å². The molecule has 4 rings (SSSR count). The summed E-state index contributed by atoms with van der Waals surface area (Å²) in [5.41, 5.74) is 0.601. The van der Waals surface area contributed by atoms with Gasteiger partial charge in [-0.1, -0.05) is 17.7 Å². The van der Waals surface area contributed by atoms with Gasteiger partial charge in [0.05, 0.1) is 6.54 Å². The Morgan fingerprint density at radius 3 is 2.83 bits per heavy atom. The summed E-state index contributed by atoms with van der Waals surface area (Å²) < 4.78 is 16.2. The van der Waals surface area contributed by atoms with Gasteiger partial charge in [-0.05, 0) is 38.1 Å². The fraction of sp³-hybridized carbons (Fsp3) is 0.529. The second kappa shape index (κ2) is 6.78. The minimum atomic E-state index is -0.219. The quantitative estimate of drug-likeness (QED) is 0.925. The van der Waals surface area contributed by atoms with Gasteiger partial charge in [-0.2, -0.15) is 0 Å². The minimum Gasteiger partial charge on any atom is -0.312 e. The first-order valence-corrected chi connectivity index (χ1v) is 8.88. The predicted octanol–water partition coefficient (Wildman–Crippen LogP) is 2.55. The van der Waals surface area contributed by atoms with Gasteiger partial charge in [0.25, 0.3) is 0 Å². The molecular weight excluding hydrogens is 329 g/mol. The smallest absolute Gasteiger partial charge is 0.147 e. The number of hydrogen-bond acceptors (Lipinski definition) is 4. The van der Waals surface area contributed by atoms with Crippen LogP contribution in [0.5, 0.6) is 0 Å². The lowest BCUT2D eigenvalue weighted by molar-refractivity contribution is 0.197. The Morgan fingerprint density at radius 1 is 1.21 bits per heavy atom. The van der Waals surface area contributed by atoms with Crippen molar-refractivity contribution in [2.45, 2.75) is 38.4 Å². The van der Waals surface area contributed by atoms with E-state index in [1.807, 2.05) is 0 Å². The summed E-state index contributed by atoms with van der Waals surface area (Å²) in [6.07, 6.45) is 2.05. The molecule has 5 nitrogen and oxygen atoms in total. The molecule has 1 N–H and O–H groups in total. The number of likely N-dealkylation sites (tertiary alicyclic amines) is 1. The highest BCUT2D eigenvalue weighted by atomic mass is 35.5. The van der Waals surface area contributed by atoms with Gasteiger partial charge < -0.3 is 9.88 Å². The molecule has 0 bridgehead atoms. The van der Waals surface area contributed by atoms with Crippen molar-refractivity contribution >= 4 is 11.6 Å². The molecule has 1 saturated heterocycles. The number of hydrogen-bond donors (Lipinski definition) is 1. The second-order valence-electron chi connectivity index (χ2n) is 6.55. The Labute approximate surface area is 145 Å². The Kier molecular flexibility index (Phi) is 4.52. The molecule has 2 aliphatic heterocycles. The highest BCUT2D eigenvalue weighted by Crippen LogP contribution is 2.29. The molecule has 0 aliphatic carbocycles. The molecule has 1 aromatic carbocycles. The van der Waals surface area contributed by atoms with Crippen LogP contribution < -0.4 is 5.32 Å². The first kappa shape index (κ1) is 16.0.